The van der Waals surface area contributed by atoms with Gasteiger partial charge in [-0.15, -0.1) is 0 Å². The number of carbonyl (C=O) groups excluding carboxylic acids is 1. The number of anilines is 1. The van der Waals surface area contributed by atoms with Crippen LogP contribution in [0, 0.1) is 6.92 Å². The van der Waals surface area contributed by atoms with E-state index in [0.717, 1.165) is 16.6 Å². The molecular formula is C21H22Fe3N7O2-. The number of hydrogen-bond donors (Lipinski definition) is 2. The van der Waals surface area contributed by atoms with E-state index >= 15 is 0 Å². The Bertz CT molecular complexity index is 1210. The minimum Gasteiger partial charge on any atom is -0.494 e. The third kappa shape index (κ3) is 6.90. The fourth-order valence-electron chi connectivity index (χ4n) is 2.89. The summed E-state index contributed by atoms with van der Waals surface area (Å²) < 4.78 is 7.19. The van der Waals surface area contributed by atoms with Crippen molar-refractivity contribution < 1.29 is 60.7 Å². The molecule has 0 aliphatic heterocycles. The standard InChI is InChI=1S/C21H22N7O2.3Fe/c1-12(2)28-11-15(10-24-28)20(29)27-19-8-17-14(9-23-19)7-18(25-17)16-5-6-22-21(26-16)30-13(3)4;;;/h5-13,25H,3H2,1-2,4H3,(H,23,27,29);;;/q-1;;;. The SMILES string of the molecule is [CH2-]C(C)Oc1nccc(-c2cc3cnc(NC(=O)c4cnn(C(C)C)c4)cc3[nH]2)n1.[Fe].[Fe].[Fe]. The Morgan fingerprint density at radius 2 is 1.91 bits per heavy atom. The zero-order valence-corrected chi connectivity index (χ0v) is 21.3. The maximum absolute atomic E-state index is 12.5. The Balaban J connectivity index is 0.00000181. The molecule has 33 heavy (non-hydrogen) atoms. The number of nitrogens with one attached hydrogen (secondary N) is 2. The monoisotopic (exact) mass is 572 g/mol. The first-order valence-electron chi connectivity index (χ1n) is 9.56. The molecular weight excluding hydrogens is 550 g/mol. The van der Waals surface area contributed by atoms with Gasteiger partial charge in [-0.2, -0.15) is 10.1 Å². The quantitative estimate of drug-likeness (QED) is 0.270. The summed E-state index contributed by atoms with van der Waals surface area (Å²) in [7, 11) is 0. The van der Waals surface area contributed by atoms with Crippen LogP contribution in [0.5, 0.6) is 6.01 Å². The first-order valence-corrected chi connectivity index (χ1v) is 9.56. The van der Waals surface area contributed by atoms with Crippen LogP contribution < -0.4 is 10.1 Å². The fraction of sp³-hybridized carbons (Fsp3) is 0.238. The van der Waals surface area contributed by atoms with Gasteiger partial charge in [-0.3, -0.25) is 9.48 Å². The topological polar surface area (TPSA) is 111 Å². The van der Waals surface area contributed by atoms with Crippen molar-refractivity contribution in [2.75, 3.05) is 5.32 Å². The van der Waals surface area contributed by atoms with Crippen molar-refractivity contribution in [2.45, 2.75) is 32.9 Å². The van der Waals surface area contributed by atoms with Gasteiger partial charge in [0.15, 0.2) is 0 Å². The second kappa shape index (κ2) is 12.3. The van der Waals surface area contributed by atoms with Crippen LogP contribution in [-0.4, -0.2) is 41.7 Å². The minimum atomic E-state index is -0.264. The molecule has 0 aromatic carbocycles. The van der Waals surface area contributed by atoms with Crippen LogP contribution in [-0.2, 0) is 51.2 Å². The van der Waals surface area contributed by atoms with Gasteiger partial charge in [-0.05, 0) is 32.1 Å². The molecule has 0 saturated carbocycles. The Labute approximate surface area is 223 Å². The number of nitrogens with zero attached hydrogens (tertiary/aromatic N) is 5. The first-order chi connectivity index (χ1) is 14.4. The summed E-state index contributed by atoms with van der Waals surface area (Å²) >= 11 is 0. The molecule has 0 radical (unpaired) electrons. The molecule has 0 spiro atoms. The van der Waals surface area contributed by atoms with Crippen molar-refractivity contribution >= 4 is 22.6 Å². The maximum atomic E-state index is 12.5. The number of pyridine rings is 1. The second-order valence-electron chi connectivity index (χ2n) is 7.25. The second-order valence-corrected chi connectivity index (χ2v) is 7.25. The van der Waals surface area contributed by atoms with Crippen molar-refractivity contribution in [1.82, 2.24) is 29.7 Å². The summed E-state index contributed by atoms with van der Waals surface area (Å²) in [6.45, 7) is 9.59. The van der Waals surface area contributed by atoms with Crippen LogP contribution in [0.25, 0.3) is 22.3 Å². The molecule has 178 valence electrons. The van der Waals surface area contributed by atoms with Gasteiger partial charge in [0.1, 0.15) is 5.82 Å². The molecule has 4 rings (SSSR count). The number of hydrogen-bond acceptors (Lipinski definition) is 6. The molecule has 0 aliphatic carbocycles. The normalized spacial score (nSPS) is 11.2. The van der Waals surface area contributed by atoms with Crippen molar-refractivity contribution in [1.29, 1.82) is 0 Å². The van der Waals surface area contributed by atoms with Gasteiger partial charge in [-0.25, -0.2) is 9.97 Å². The summed E-state index contributed by atoms with van der Waals surface area (Å²) in [5.41, 5.74) is 2.77. The fourth-order valence-corrected chi connectivity index (χ4v) is 2.89. The summed E-state index contributed by atoms with van der Waals surface area (Å²) in [6, 6.07) is 5.94. The van der Waals surface area contributed by atoms with Gasteiger partial charge >= 0.3 is 6.01 Å². The summed E-state index contributed by atoms with van der Waals surface area (Å²) in [5.74, 6) is 0.177. The zero-order chi connectivity index (χ0) is 21.3. The van der Waals surface area contributed by atoms with Gasteiger partial charge in [0.25, 0.3) is 5.91 Å². The van der Waals surface area contributed by atoms with Crippen LogP contribution in [0.15, 0.2) is 43.0 Å². The number of aromatic nitrogens is 6. The van der Waals surface area contributed by atoms with E-state index in [4.69, 9.17) is 4.74 Å². The van der Waals surface area contributed by atoms with Crippen molar-refractivity contribution in [2.24, 2.45) is 0 Å². The molecule has 4 aromatic heterocycles. The van der Waals surface area contributed by atoms with E-state index in [9.17, 15) is 4.79 Å². The molecule has 0 bridgehead atoms. The predicted octanol–water partition coefficient (Wildman–Crippen LogP) is 3.64. The number of aromatic amines is 1. The van der Waals surface area contributed by atoms with Gasteiger partial charge < -0.3 is 22.0 Å². The van der Waals surface area contributed by atoms with E-state index in [1.807, 2.05) is 26.8 Å². The average molecular weight is 572 g/mol. The molecule has 4 aromatic rings. The molecule has 12 heteroatoms. The maximum Gasteiger partial charge on any atom is 0.314 e. The van der Waals surface area contributed by atoms with Crippen molar-refractivity contribution in [3.05, 3.63) is 55.5 Å². The van der Waals surface area contributed by atoms with E-state index in [0.29, 0.717) is 17.1 Å². The van der Waals surface area contributed by atoms with E-state index < -0.39 is 0 Å². The number of H-pyrrole nitrogens is 1. The summed E-state index contributed by atoms with van der Waals surface area (Å²) in [4.78, 5) is 28.6. The average Bonchev–Trinajstić information content (AvgIpc) is 3.35. The molecule has 0 fully saturated rings. The number of fused-ring (bicyclic) bond motifs is 1. The predicted molar refractivity (Wildman–Crippen MR) is 113 cm³/mol. The number of amides is 1. The van der Waals surface area contributed by atoms with Gasteiger partial charge in [0, 0.05) is 87.3 Å². The van der Waals surface area contributed by atoms with E-state index in [1.54, 1.807) is 41.6 Å². The molecule has 2 N–H and O–H groups in total. The Morgan fingerprint density at radius 1 is 1.15 bits per heavy atom. The van der Waals surface area contributed by atoms with Crippen molar-refractivity contribution in [3.8, 4) is 17.4 Å². The molecule has 1 atom stereocenters. The molecule has 1 unspecified atom stereocenters. The molecule has 9 nitrogen and oxygen atoms in total. The molecule has 0 aliphatic rings. The van der Waals surface area contributed by atoms with Crippen LogP contribution in [0.3, 0.4) is 0 Å². The van der Waals surface area contributed by atoms with Crippen LogP contribution >= 0.6 is 0 Å². The van der Waals surface area contributed by atoms with Crippen molar-refractivity contribution in [3.63, 3.8) is 0 Å². The Morgan fingerprint density at radius 3 is 2.58 bits per heavy atom. The minimum absolute atomic E-state index is 0. The number of ether oxygens (including phenoxy) is 1. The Hall–Kier alpha value is -2.19. The third-order valence-corrected chi connectivity index (χ3v) is 4.35. The molecule has 4 heterocycles. The van der Waals surface area contributed by atoms with E-state index in [-0.39, 0.29) is 75.3 Å². The van der Waals surface area contributed by atoms with Crippen LogP contribution in [0.1, 0.15) is 37.2 Å². The van der Waals surface area contributed by atoms with Gasteiger partial charge in [0.05, 0.1) is 28.7 Å². The van der Waals surface area contributed by atoms with Gasteiger partial charge in [-0.1, -0.05) is 6.92 Å². The van der Waals surface area contributed by atoms with Crippen LogP contribution in [0.4, 0.5) is 5.82 Å². The molecule has 1 amide bonds. The first kappa shape index (κ1) is 28.8. The number of carbonyl (C=O) groups is 1. The van der Waals surface area contributed by atoms with E-state index in [2.05, 4.69) is 37.3 Å². The van der Waals surface area contributed by atoms with E-state index in [1.165, 1.54) is 0 Å². The Kier molecular flexibility index (Phi) is 10.8. The molecule has 0 saturated heterocycles. The largest absolute Gasteiger partial charge is 0.494 e. The smallest absolute Gasteiger partial charge is 0.314 e. The van der Waals surface area contributed by atoms with Crippen LogP contribution in [0.2, 0.25) is 0 Å². The zero-order valence-electron chi connectivity index (χ0n) is 18.0. The number of rotatable bonds is 6. The summed E-state index contributed by atoms with van der Waals surface area (Å²) in [5, 5.41) is 7.89. The third-order valence-electron chi connectivity index (χ3n) is 4.35. The van der Waals surface area contributed by atoms with Gasteiger partial charge in [0.2, 0.25) is 0 Å². The summed E-state index contributed by atoms with van der Waals surface area (Å²) in [6.07, 6.45) is 6.33.